The second kappa shape index (κ2) is 30.0. The van der Waals surface area contributed by atoms with E-state index in [0.717, 1.165) is 25.7 Å². The van der Waals surface area contributed by atoms with Crippen LogP contribution in [-0.2, 0) is 9.47 Å². The van der Waals surface area contributed by atoms with Crippen molar-refractivity contribution in [3.05, 3.63) is 48.6 Å². The molecule has 2 aliphatic rings. The molecular weight excluding hydrogens is 560 g/mol. The van der Waals surface area contributed by atoms with Crippen LogP contribution in [-0.4, -0.2) is 18.0 Å². The molecule has 0 aromatic rings. The summed E-state index contributed by atoms with van der Waals surface area (Å²) in [4.78, 5) is 0. The number of ether oxygens (including phenoxy) is 2. The molecule has 2 atom stereocenters. The van der Waals surface area contributed by atoms with Crippen molar-refractivity contribution in [1.29, 1.82) is 0 Å². The molecule has 1 saturated carbocycles. The van der Waals surface area contributed by atoms with Crippen LogP contribution in [0, 0.1) is 0 Å². The fraction of sp³-hybridized carbons (Fsp3) is 0.818. The van der Waals surface area contributed by atoms with Gasteiger partial charge in [-0.1, -0.05) is 159 Å². The van der Waals surface area contributed by atoms with Gasteiger partial charge in [0.1, 0.15) is 0 Å². The molecular formula is C44H78O2. The van der Waals surface area contributed by atoms with Gasteiger partial charge in [0.15, 0.2) is 5.79 Å². The first-order chi connectivity index (χ1) is 22.8. The van der Waals surface area contributed by atoms with E-state index < -0.39 is 0 Å². The van der Waals surface area contributed by atoms with Gasteiger partial charge in [0.25, 0.3) is 0 Å². The SMILES string of the molecule is CCCCC/C=C\C/C=C\CCCCCCCCC1(CCCCCCCC/C=C\C/C=C\CCCCC)O[C@@H]2CCCCC[C@H]2O1. The fourth-order valence-electron chi connectivity index (χ4n) is 7.21. The van der Waals surface area contributed by atoms with E-state index in [1.165, 1.54) is 173 Å². The van der Waals surface area contributed by atoms with E-state index in [1.54, 1.807) is 0 Å². The Balaban J connectivity index is 1.53. The van der Waals surface area contributed by atoms with Crippen LogP contribution < -0.4 is 0 Å². The smallest absolute Gasteiger partial charge is 0.169 e. The lowest BCUT2D eigenvalue weighted by atomic mass is 9.98. The van der Waals surface area contributed by atoms with Crippen molar-refractivity contribution in [3.63, 3.8) is 0 Å². The second-order valence-corrected chi connectivity index (χ2v) is 14.5. The monoisotopic (exact) mass is 639 g/mol. The predicted molar refractivity (Wildman–Crippen MR) is 204 cm³/mol. The third-order valence-electron chi connectivity index (χ3n) is 10.1. The summed E-state index contributed by atoms with van der Waals surface area (Å²) >= 11 is 0. The Labute approximate surface area is 288 Å². The van der Waals surface area contributed by atoms with Crippen LogP contribution in [0.2, 0.25) is 0 Å². The molecule has 0 radical (unpaired) electrons. The van der Waals surface area contributed by atoms with Gasteiger partial charge in [0.05, 0.1) is 12.2 Å². The van der Waals surface area contributed by atoms with Crippen LogP contribution in [0.25, 0.3) is 0 Å². The molecule has 2 heteroatoms. The van der Waals surface area contributed by atoms with Crippen molar-refractivity contribution in [1.82, 2.24) is 0 Å². The molecule has 0 spiro atoms. The Morgan fingerprint density at radius 2 is 0.761 bits per heavy atom. The summed E-state index contributed by atoms with van der Waals surface area (Å²) in [5, 5.41) is 0. The number of unbranched alkanes of at least 4 members (excludes halogenated alkanes) is 18. The molecule has 2 rings (SSSR count). The van der Waals surface area contributed by atoms with Gasteiger partial charge in [-0.2, -0.15) is 0 Å². The molecule has 1 aliphatic heterocycles. The highest BCUT2D eigenvalue weighted by atomic mass is 16.8. The minimum atomic E-state index is -0.281. The Bertz CT molecular complexity index is 713. The zero-order valence-corrected chi connectivity index (χ0v) is 31.0. The second-order valence-electron chi connectivity index (χ2n) is 14.5. The highest BCUT2D eigenvalue weighted by molar-refractivity contribution is 4.94. The minimum Gasteiger partial charge on any atom is -0.344 e. The molecule has 1 heterocycles. The van der Waals surface area contributed by atoms with Gasteiger partial charge in [0.2, 0.25) is 0 Å². The molecule has 1 saturated heterocycles. The Hall–Kier alpha value is -1.12. The maximum absolute atomic E-state index is 6.83. The average Bonchev–Trinajstić information content (AvgIpc) is 3.26. The van der Waals surface area contributed by atoms with Gasteiger partial charge in [-0.15, -0.1) is 0 Å². The topological polar surface area (TPSA) is 18.5 Å². The van der Waals surface area contributed by atoms with E-state index in [2.05, 4.69) is 62.5 Å². The maximum Gasteiger partial charge on any atom is 0.169 e. The molecule has 2 fully saturated rings. The van der Waals surface area contributed by atoms with E-state index >= 15 is 0 Å². The summed E-state index contributed by atoms with van der Waals surface area (Å²) in [6.07, 6.45) is 59.5. The van der Waals surface area contributed by atoms with Crippen molar-refractivity contribution < 1.29 is 9.47 Å². The standard InChI is InChI=1S/C44H78O2/c1-3-5-7-9-11-13-15-17-19-21-23-25-27-29-31-36-40-44(45-42-38-34-33-35-39-43(42)46-44)41-37-32-30-28-26-24-22-20-18-16-14-12-10-8-6-4-2/h11-14,17-20,42-43H,3-10,15-16,21-41H2,1-2H3/b13-11-,14-12-,19-17-,20-18-/t42-,43-/m1/s1. The van der Waals surface area contributed by atoms with Gasteiger partial charge in [-0.05, 0) is 89.9 Å². The van der Waals surface area contributed by atoms with Crippen LogP contribution in [0.1, 0.15) is 213 Å². The van der Waals surface area contributed by atoms with Crippen molar-refractivity contribution in [2.75, 3.05) is 0 Å². The molecule has 266 valence electrons. The Kier molecular flexibility index (Phi) is 26.8. The summed E-state index contributed by atoms with van der Waals surface area (Å²) in [5.74, 6) is -0.281. The van der Waals surface area contributed by atoms with Gasteiger partial charge >= 0.3 is 0 Å². The number of allylic oxidation sites excluding steroid dienone is 8. The lowest BCUT2D eigenvalue weighted by molar-refractivity contribution is -0.188. The third-order valence-corrected chi connectivity index (χ3v) is 10.1. The largest absolute Gasteiger partial charge is 0.344 e. The first kappa shape index (κ1) is 41.1. The summed E-state index contributed by atoms with van der Waals surface area (Å²) in [7, 11) is 0. The first-order valence-corrected chi connectivity index (χ1v) is 20.8. The lowest BCUT2D eigenvalue weighted by Crippen LogP contribution is -2.31. The number of hydrogen-bond acceptors (Lipinski definition) is 2. The summed E-state index contributed by atoms with van der Waals surface area (Å²) in [6.45, 7) is 4.54. The zero-order chi connectivity index (χ0) is 32.6. The summed E-state index contributed by atoms with van der Waals surface area (Å²) in [6, 6.07) is 0. The van der Waals surface area contributed by atoms with E-state index in [4.69, 9.17) is 9.47 Å². The van der Waals surface area contributed by atoms with Gasteiger partial charge in [0, 0.05) is 12.8 Å². The molecule has 46 heavy (non-hydrogen) atoms. The van der Waals surface area contributed by atoms with Crippen LogP contribution in [0.3, 0.4) is 0 Å². The van der Waals surface area contributed by atoms with Crippen LogP contribution >= 0.6 is 0 Å². The minimum absolute atomic E-state index is 0.281. The molecule has 0 N–H and O–H groups in total. The quantitative estimate of drug-likeness (QED) is 0.0575. The normalized spacial score (nSPS) is 20.1. The zero-order valence-electron chi connectivity index (χ0n) is 31.0. The Morgan fingerprint density at radius 1 is 0.413 bits per heavy atom. The summed E-state index contributed by atoms with van der Waals surface area (Å²) < 4.78 is 13.7. The van der Waals surface area contributed by atoms with E-state index in [9.17, 15) is 0 Å². The molecule has 0 bridgehead atoms. The highest BCUT2D eigenvalue weighted by Gasteiger charge is 2.46. The molecule has 2 nitrogen and oxygen atoms in total. The number of hydrogen-bond donors (Lipinski definition) is 0. The fourth-order valence-corrected chi connectivity index (χ4v) is 7.21. The van der Waals surface area contributed by atoms with Crippen molar-refractivity contribution in [2.45, 2.75) is 231 Å². The number of fused-ring (bicyclic) bond motifs is 1. The van der Waals surface area contributed by atoms with E-state index in [1.807, 2.05) is 0 Å². The van der Waals surface area contributed by atoms with Crippen molar-refractivity contribution >= 4 is 0 Å². The third kappa shape index (κ3) is 21.7. The van der Waals surface area contributed by atoms with Gasteiger partial charge in [-0.25, -0.2) is 0 Å². The average molecular weight is 639 g/mol. The molecule has 1 aliphatic carbocycles. The molecule has 0 unspecified atom stereocenters. The van der Waals surface area contributed by atoms with Crippen LogP contribution in [0.15, 0.2) is 48.6 Å². The molecule has 0 aromatic carbocycles. The van der Waals surface area contributed by atoms with Crippen LogP contribution in [0.4, 0.5) is 0 Å². The lowest BCUT2D eigenvalue weighted by Gasteiger charge is -2.29. The van der Waals surface area contributed by atoms with Crippen molar-refractivity contribution in [3.8, 4) is 0 Å². The predicted octanol–water partition coefficient (Wildman–Crippen LogP) is 14.8. The highest BCUT2D eigenvalue weighted by Crippen LogP contribution is 2.42. The van der Waals surface area contributed by atoms with E-state index in [-0.39, 0.29) is 5.79 Å². The Morgan fingerprint density at radius 3 is 1.15 bits per heavy atom. The number of rotatable bonds is 30. The summed E-state index contributed by atoms with van der Waals surface area (Å²) in [5.41, 5.74) is 0. The molecule has 0 aromatic heterocycles. The van der Waals surface area contributed by atoms with Gasteiger partial charge in [-0.3, -0.25) is 0 Å². The first-order valence-electron chi connectivity index (χ1n) is 20.8. The van der Waals surface area contributed by atoms with E-state index in [0.29, 0.717) is 12.2 Å². The molecule has 0 amide bonds. The van der Waals surface area contributed by atoms with Crippen molar-refractivity contribution in [2.24, 2.45) is 0 Å². The van der Waals surface area contributed by atoms with Crippen LogP contribution in [0.5, 0.6) is 0 Å². The maximum atomic E-state index is 6.83. The van der Waals surface area contributed by atoms with Gasteiger partial charge < -0.3 is 9.47 Å².